The normalized spacial score (nSPS) is 10.9. The van der Waals surface area contributed by atoms with E-state index in [1.54, 1.807) is 18.2 Å². The Morgan fingerprint density at radius 2 is 2.00 bits per heavy atom. The van der Waals surface area contributed by atoms with Crippen LogP contribution in [0.2, 0.25) is 0 Å². The van der Waals surface area contributed by atoms with Gasteiger partial charge in [0.1, 0.15) is 5.69 Å². The molecule has 1 aromatic heterocycles. The summed E-state index contributed by atoms with van der Waals surface area (Å²) < 4.78 is 0. The van der Waals surface area contributed by atoms with E-state index in [4.69, 9.17) is 11.5 Å². The van der Waals surface area contributed by atoms with Gasteiger partial charge in [-0.3, -0.25) is 14.6 Å². The fourth-order valence-corrected chi connectivity index (χ4v) is 0.710. The van der Waals surface area contributed by atoms with Crippen molar-refractivity contribution in [3.05, 3.63) is 30.1 Å². The molecule has 0 saturated carbocycles. The van der Waals surface area contributed by atoms with Crippen molar-refractivity contribution in [1.29, 1.82) is 0 Å². The zero-order chi connectivity index (χ0) is 12.6. The molecule has 1 unspecified atom stereocenters. The summed E-state index contributed by atoms with van der Waals surface area (Å²) in [5.41, 5.74) is 10.1. The number of hydrogen-bond donors (Lipinski definition) is 2. The van der Waals surface area contributed by atoms with Gasteiger partial charge in [0.15, 0.2) is 0 Å². The Labute approximate surface area is 94.8 Å². The van der Waals surface area contributed by atoms with E-state index < -0.39 is 5.91 Å². The number of nitrogens with zero attached hydrogens (tertiary/aromatic N) is 1. The van der Waals surface area contributed by atoms with Gasteiger partial charge in [-0.15, -0.1) is 0 Å². The van der Waals surface area contributed by atoms with E-state index >= 15 is 0 Å². The highest BCUT2D eigenvalue weighted by Gasteiger charge is 2.02. The fourth-order valence-electron chi connectivity index (χ4n) is 0.710. The minimum absolute atomic E-state index is 0.0417. The molecule has 0 bridgehead atoms. The van der Waals surface area contributed by atoms with Crippen molar-refractivity contribution in [3.63, 3.8) is 0 Å². The first-order chi connectivity index (χ1) is 7.49. The number of aromatic nitrogens is 1. The molecule has 1 atom stereocenters. The van der Waals surface area contributed by atoms with Crippen LogP contribution in [0.25, 0.3) is 0 Å². The van der Waals surface area contributed by atoms with Crippen LogP contribution in [0.5, 0.6) is 0 Å². The van der Waals surface area contributed by atoms with E-state index in [-0.39, 0.29) is 11.8 Å². The zero-order valence-corrected chi connectivity index (χ0v) is 9.51. The van der Waals surface area contributed by atoms with Gasteiger partial charge in [-0.25, -0.2) is 0 Å². The molecule has 0 saturated heterocycles. The molecule has 4 N–H and O–H groups in total. The minimum atomic E-state index is -0.490. The molecule has 5 nitrogen and oxygen atoms in total. The first-order valence-electron chi connectivity index (χ1n) is 4.99. The van der Waals surface area contributed by atoms with Crippen LogP contribution in [0.1, 0.15) is 30.8 Å². The lowest BCUT2D eigenvalue weighted by Crippen LogP contribution is -2.19. The molecule has 5 heteroatoms. The van der Waals surface area contributed by atoms with E-state index in [0.29, 0.717) is 5.69 Å². The summed E-state index contributed by atoms with van der Waals surface area (Å²) in [4.78, 5) is 24.2. The van der Waals surface area contributed by atoms with Crippen LogP contribution in [-0.2, 0) is 4.79 Å². The maximum Gasteiger partial charge on any atom is 0.267 e. The van der Waals surface area contributed by atoms with E-state index in [9.17, 15) is 9.59 Å². The molecule has 0 radical (unpaired) electrons. The number of carbonyl (C=O) groups excluding carboxylic acids is 2. The number of primary amides is 2. The highest BCUT2D eigenvalue weighted by molar-refractivity contribution is 5.90. The SMILES string of the molecule is CCC(C)C(N)=O.NC(=O)c1ccccn1. The Morgan fingerprint density at radius 3 is 2.19 bits per heavy atom. The number of carbonyl (C=O) groups is 2. The molecule has 0 aliphatic carbocycles. The second kappa shape index (κ2) is 7.39. The lowest BCUT2D eigenvalue weighted by molar-refractivity contribution is -0.121. The van der Waals surface area contributed by atoms with Gasteiger partial charge in [0, 0.05) is 12.1 Å². The van der Waals surface area contributed by atoms with Crippen LogP contribution in [0.3, 0.4) is 0 Å². The summed E-state index contributed by atoms with van der Waals surface area (Å²) in [7, 11) is 0. The van der Waals surface area contributed by atoms with E-state index in [0.717, 1.165) is 6.42 Å². The number of nitrogens with two attached hydrogens (primary N) is 2. The van der Waals surface area contributed by atoms with Crippen LogP contribution in [0.4, 0.5) is 0 Å². The van der Waals surface area contributed by atoms with Crippen LogP contribution >= 0.6 is 0 Å². The van der Waals surface area contributed by atoms with Gasteiger partial charge < -0.3 is 11.5 Å². The predicted octanol–water partition coefficient (Wildman–Crippen LogP) is 0.698. The summed E-state index contributed by atoms with van der Waals surface area (Å²) in [5.74, 6) is -0.655. The van der Waals surface area contributed by atoms with Crippen molar-refractivity contribution < 1.29 is 9.59 Å². The number of hydrogen-bond acceptors (Lipinski definition) is 3. The van der Waals surface area contributed by atoms with Crippen LogP contribution < -0.4 is 11.5 Å². The molecule has 1 aromatic rings. The molecule has 0 fully saturated rings. The first-order valence-corrected chi connectivity index (χ1v) is 4.99. The van der Waals surface area contributed by atoms with Gasteiger partial charge in [-0.1, -0.05) is 19.9 Å². The van der Waals surface area contributed by atoms with Crippen LogP contribution in [0.15, 0.2) is 24.4 Å². The van der Waals surface area contributed by atoms with Crippen molar-refractivity contribution in [1.82, 2.24) is 4.98 Å². The Hall–Kier alpha value is -1.91. The summed E-state index contributed by atoms with van der Waals surface area (Å²) in [6, 6.07) is 5.02. The first kappa shape index (κ1) is 14.1. The van der Waals surface area contributed by atoms with Gasteiger partial charge in [0.2, 0.25) is 5.91 Å². The van der Waals surface area contributed by atoms with E-state index in [1.165, 1.54) is 6.20 Å². The Morgan fingerprint density at radius 1 is 1.38 bits per heavy atom. The Kier molecular flexibility index (Phi) is 6.51. The molecule has 0 aliphatic rings. The molecule has 16 heavy (non-hydrogen) atoms. The average Bonchev–Trinajstić information content (AvgIpc) is 2.29. The largest absolute Gasteiger partial charge is 0.369 e. The van der Waals surface area contributed by atoms with E-state index in [1.807, 2.05) is 13.8 Å². The third-order valence-electron chi connectivity index (χ3n) is 2.02. The minimum Gasteiger partial charge on any atom is -0.369 e. The maximum atomic E-state index is 10.4. The van der Waals surface area contributed by atoms with Crippen molar-refractivity contribution in [2.75, 3.05) is 0 Å². The van der Waals surface area contributed by atoms with Gasteiger partial charge in [0.25, 0.3) is 5.91 Å². The van der Waals surface area contributed by atoms with Crippen molar-refractivity contribution in [3.8, 4) is 0 Å². The van der Waals surface area contributed by atoms with Crippen molar-refractivity contribution in [2.45, 2.75) is 20.3 Å². The molecule has 0 aromatic carbocycles. The second-order valence-corrected chi connectivity index (χ2v) is 3.29. The fraction of sp³-hybridized carbons (Fsp3) is 0.364. The standard InChI is InChI=1S/C6H6N2O.C5H11NO/c7-6(9)5-3-1-2-4-8-5;1-3-4(2)5(6)7/h1-4H,(H2,7,9);4H,3H2,1-2H3,(H2,6,7). The monoisotopic (exact) mass is 223 g/mol. The van der Waals surface area contributed by atoms with E-state index in [2.05, 4.69) is 4.98 Å². The van der Waals surface area contributed by atoms with Crippen LogP contribution in [0, 0.1) is 5.92 Å². The van der Waals surface area contributed by atoms with Crippen molar-refractivity contribution >= 4 is 11.8 Å². The molecular formula is C11H17N3O2. The third kappa shape index (κ3) is 5.74. The van der Waals surface area contributed by atoms with Gasteiger partial charge >= 0.3 is 0 Å². The molecule has 2 amide bonds. The molecular weight excluding hydrogens is 206 g/mol. The Bertz CT molecular complexity index is 338. The lowest BCUT2D eigenvalue weighted by Gasteiger charge is -1.98. The number of pyridine rings is 1. The zero-order valence-electron chi connectivity index (χ0n) is 9.51. The van der Waals surface area contributed by atoms with Gasteiger partial charge in [-0.2, -0.15) is 0 Å². The summed E-state index contributed by atoms with van der Waals surface area (Å²) in [6.45, 7) is 3.76. The van der Waals surface area contributed by atoms with Gasteiger partial charge in [0.05, 0.1) is 0 Å². The quantitative estimate of drug-likeness (QED) is 0.788. The van der Waals surface area contributed by atoms with Crippen LogP contribution in [-0.4, -0.2) is 16.8 Å². The average molecular weight is 223 g/mol. The smallest absolute Gasteiger partial charge is 0.267 e. The van der Waals surface area contributed by atoms with Crippen molar-refractivity contribution in [2.24, 2.45) is 17.4 Å². The Balaban J connectivity index is 0.000000293. The molecule has 0 aliphatic heterocycles. The molecule has 1 heterocycles. The molecule has 0 spiro atoms. The lowest BCUT2D eigenvalue weighted by atomic mass is 10.1. The predicted molar refractivity (Wildman–Crippen MR) is 61.4 cm³/mol. The third-order valence-corrected chi connectivity index (χ3v) is 2.02. The maximum absolute atomic E-state index is 10.4. The summed E-state index contributed by atoms with van der Waals surface area (Å²) in [5, 5.41) is 0. The highest BCUT2D eigenvalue weighted by Crippen LogP contribution is 1.96. The molecule has 1 rings (SSSR count). The molecule has 88 valence electrons. The topological polar surface area (TPSA) is 99.1 Å². The second-order valence-electron chi connectivity index (χ2n) is 3.29. The van der Waals surface area contributed by atoms with Gasteiger partial charge in [-0.05, 0) is 18.6 Å². The highest BCUT2D eigenvalue weighted by atomic mass is 16.1. The number of amides is 2. The summed E-state index contributed by atoms with van der Waals surface area (Å²) in [6.07, 6.45) is 2.37. The number of rotatable bonds is 3. The summed E-state index contributed by atoms with van der Waals surface area (Å²) >= 11 is 0.